The van der Waals surface area contributed by atoms with Crippen LogP contribution in [0.5, 0.6) is 17.5 Å². The zero-order valence-corrected chi connectivity index (χ0v) is 14.6. The number of nitrogens with zero attached hydrogens (tertiary/aromatic N) is 2. The summed E-state index contributed by atoms with van der Waals surface area (Å²) < 4.78 is 41.3. The molecule has 0 fully saturated rings. The first-order valence-corrected chi connectivity index (χ1v) is 9.12. The molecule has 0 amide bonds. The quantitative estimate of drug-likeness (QED) is 0.815. The van der Waals surface area contributed by atoms with E-state index < -0.39 is 9.84 Å². The van der Waals surface area contributed by atoms with E-state index in [2.05, 4.69) is 9.97 Å². The van der Waals surface area contributed by atoms with Crippen molar-refractivity contribution in [1.82, 2.24) is 9.97 Å². The Morgan fingerprint density at radius 2 is 1.83 bits per heavy atom. The molecule has 0 spiro atoms. The highest BCUT2D eigenvalue weighted by Gasteiger charge is 2.24. The number of aryl methyl sites for hydroxylation is 1. The third kappa shape index (κ3) is 3.39. The molecule has 1 aromatic heterocycles. The highest BCUT2D eigenvalue weighted by molar-refractivity contribution is 7.90. The van der Waals surface area contributed by atoms with E-state index in [0.29, 0.717) is 36.1 Å². The average molecular weight is 371 g/mol. The predicted molar refractivity (Wildman–Crippen MR) is 86.7 cm³/mol. The number of ether oxygens (including phenoxy) is 3. The molecule has 0 saturated carbocycles. The van der Waals surface area contributed by atoms with Gasteiger partial charge in [-0.3, -0.25) is 0 Å². The SMILES string of the molecule is COc1nc(C)cc(CS(=O)(=O)c2cc3c(cc2Cl)OCCO3)n1. The van der Waals surface area contributed by atoms with Crippen molar-refractivity contribution in [3.63, 3.8) is 0 Å². The van der Waals surface area contributed by atoms with Crippen LogP contribution in [0.2, 0.25) is 5.02 Å². The highest BCUT2D eigenvalue weighted by atomic mass is 35.5. The molecule has 2 aromatic rings. The molecule has 24 heavy (non-hydrogen) atoms. The smallest absolute Gasteiger partial charge is 0.316 e. The first-order chi connectivity index (χ1) is 11.4. The van der Waals surface area contributed by atoms with Crippen LogP contribution in [-0.4, -0.2) is 38.7 Å². The van der Waals surface area contributed by atoms with Crippen LogP contribution in [0.1, 0.15) is 11.4 Å². The van der Waals surface area contributed by atoms with Gasteiger partial charge in [0.1, 0.15) is 13.2 Å². The van der Waals surface area contributed by atoms with E-state index in [1.165, 1.54) is 19.2 Å². The number of methoxy groups -OCH3 is 1. The lowest BCUT2D eigenvalue weighted by Gasteiger charge is -2.19. The van der Waals surface area contributed by atoms with E-state index in [4.69, 9.17) is 25.8 Å². The van der Waals surface area contributed by atoms with Crippen LogP contribution in [0.15, 0.2) is 23.1 Å². The van der Waals surface area contributed by atoms with Gasteiger partial charge in [0, 0.05) is 17.8 Å². The molecule has 0 unspecified atom stereocenters. The summed E-state index contributed by atoms with van der Waals surface area (Å²) in [6.45, 7) is 2.49. The molecule has 0 aliphatic carbocycles. The van der Waals surface area contributed by atoms with Gasteiger partial charge < -0.3 is 14.2 Å². The van der Waals surface area contributed by atoms with Crippen molar-refractivity contribution in [2.24, 2.45) is 0 Å². The summed E-state index contributed by atoms with van der Waals surface area (Å²) in [5.41, 5.74) is 0.936. The molecule has 0 atom stereocenters. The summed E-state index contributed by atoms with van der Waals surface area (Å²) in [4.78, 5) is 8.08. The molecule has 7 nitrogen and oxygen atoms in total. The second kappa shape index (κ2) is 6.45. The van der Waals surface area contributed by atoms with Gasteiger partial charge in [-0.15, -0.1) is 0 Å². The van der Waals surface area contributed by atoms with Crippen LogP contribution in [0, 0.1) is 6.92 Å². The van der Waals surface area contributed by atoms with Crippen molar-refractivity contribution < 1.29 is 22.6 Å². The van der Waals surface area contributed by atoms with Crippen LogP contribution in [0.4, 0.5) is 0 Å². The number of fused-ring (bicyclic) bond motifs is 1. The summed E-state index contributed by atoms with van der Waals surface area (Å²) >= 11 is 6.13. The minimum atomic E-state index is -3.73. The van der Waals surface area contributed by atoms with Gasteiger partial charge in [-0.1, -0.05) is 11.6 Å². The highest BCUT2D eigenvalue weighted by Crippen LogP contribution is 2.38. The van der Waals surface area contributed by atoms with Gasteiger partial charge in [0.2, 0.25) is 0 Å². The van der Waals surface area contributed by atoms with Gasteiger partial charge in [-0.05, 0) is 13.0 Å². The van der Waals surface area contributed by atoms with Crippen molar-refractivity contribution in [3.05, 3.63) is 34.6 Å². The summed E-state index contributed by atoms with van der Waals surface area (Å²) in [6.07, 6.45) is 0. The minimum Gasteiger partial charge on any atom is -0.486 e. The fourth-order valence-corrected chi connectivity index (χ4v) is 4.17. The van der Waals surface area contributed by atoms with Gasteiger partial charge in [0.15, 0.2) is 21.3 Å². The Kier molecular flexibility index (Phi) is 4.51. The Balaban J connectivity index is 1.98. The maximum Gasteiger partial charge on any atom is 0.316 e. The molecule has 3 rings (SSSR count). The zero-order valence-electron chi connectivity index (χ0n) is 13.1. The molecule has 0 bridgehead atoms. The van der Waals surface area contributed by atoms with E-state index >= 15 is 0 Å². The van der Waals surface area contributed by atoms with Crippen LogP contribution >= 0.6 is 11.6 Å². The second-order valence-electron chi connectivity index (χ2n) is 5.17. The topological polar surface area (TPSA) is 87.6 Å². The fraction of sp³-hybridized carbons (Fsp3) is 0.333. The van der Waals surface area contributed by atoms with Crippen LogP contribution in [0.3, 0.4) is 0 Å². The standard InChI is InChI=1S/C15H15ClN2O5S/c1-9-5-10(18-15(17-9)21-2)8-24(19,20)14-7-13-12(6-11(14)16)22-3-4-23-13/h5-7H,3-4,8H2,1-2H3. The Hall–Kier alpha value is -2.06. The van der Waals surface area contributed by atoms with E-state index in [0.717, 1.165) is 0 Å². The third-order valence-electron chi connectivity index (χ3n) is 3.34. The lowest BCUT2D eigenvalue weighted by Crippen LogP contribution is -2.16. The average Bonchev–Trinajstić information content (AvgIpc) is 2.53. The molecule has 0 radical (unpaired) electrons. The Bertz CT molecular complexity index is 886. The Labute approximate surface area is 144 Å². The number of rotatable bonds is 4. The van der Waals surface area contributed by atoms with Crippen molar-refractivity contribution >= 4 is 21.4 Å². The fourth-order valence-electron chi connectivity index (χ4n) is 2.33. The monoisotopic (exact) mass is 370 g/mol. The molecule has 0 saturated heterocycles. The summed E-state index contributed by atoms with van der Waals surface area (Å²) in [7, 11) is -2.31. The third-order valence-corrected chi connectivity index (χ3v) is 5.45. The lowest BCUT2D eigenvalue weighted by molar-refractivity contribution is 0.171. The maximum atomic E-state index is 12.7. The van der Waals surface area contributed by atoms with Gasteiger partial charge in [-0.2, -0.15) is 4.98 Å². The van der Waals surface area contributed by atoms with Gasteiger partial charge in [0.25, 0.3) is 0 Å². The number of hydrogen-bond donors (Lipinski definition) is 0. The lowest BCUT2D eigenvalue weighted by atomic mass is 10.3. The predicted octanol–water partition coefficient (Wildman–Crippen LogP) is 2.19. The molecule has 1 aliphatic rings. The molecule has 128 valence electrons. The van der Waals surface area contributed by atoms with E-state index in [9.17, 15) is 8.42 Å². The van der Waals surface area contributed by atoms with E-state index in [-0.39, 0.29) is 21.7 Å². The first-order valence-electron chi connectivity index (χ1n) is 7.09. The first kappa shape index (κ1) is 16.8. The minimum absolute atomic E-state index is 0.0244. The maximum absolute atomic E-state index is 12.7. The summed E-state index contributed by atoms with van der Waals surface area (Å²) in [6, 6.07) is 4.55. The van der Waals surface area contributed by atoms with Gasteiger partial charge in [0.05, 0.1) is 28.5 Å². The largest absolute Gasteiger partial charge is 0.486 e. The Morgan fingerprint density at radius 3 is 2.50 bits per heavy atom. The Morgan fingerprint density at radius 1 is 1.17 bits per heavy atom. The van der Waals surface area contributed by atoms with Crippen LogP contribution < -0.4 is 14.2 Å². The van der Waals surface area contributed by atoms with Crippen LogP contribution in [0.25, 0.3) is 0 Å². The molecular weight excluding hydrogens is 356 g/mol. The number of sulfone groups is 1. The van der Waals surface area contributed by atoms with Crippen molar-refractivity contribution in [2.75, 3.05) is 20.3 Å². The number of halogens is 1. The summed E-state index contributed by atoms with van der Waals surface area (Å²) in [5.74, 6) is 0.469. The van der Waals surface area contributed by atoms with Gasteiger partial charge in [-0.25, -0.2) is 13.4 Å². The van der Waals surface area contributed by atoms with Crippen molar-refractivity contribution in [2.45, 2.75) is 17.6 Å². The van der Waals surface area contributed by atoms with Gasteiger partial charge >= 0.3 is 6.01 Å². The normalized spacial score (nSPS) is 13.6. The zero-order chi connectivity index (χ0) is 17.3. The molecule has 2 heterocycles. The number of benzene rings is 1. The van der Waals surface area contributed by atoms with Crippen molar-refractivity contribution in [1.29, 1.82) is 0 Å². The molecule has 1 aliphatic heterocycles. The number of aromatic nitrogens is 2. The number of hydrogen-bond acceptors (Lipinski definition) is 7. The summed E-state index contributed by atoms with van der Waals surface area (Å²) in [5, 5.41) is 0.0805. The molecule has 1 aromatic carbocycles. The molecule has 9 heteroatoms. The van der Waals surface area contributed by atoms with Crippen molar-refractivity contribution in [3.8, 4) is 17.5 Å². The van der Waals surface area contributed by atoms with Crippen LogP contribution in [-0.2, 0) is 15.6 Å². The second-order valence-corrected chi connectivity index (χ2v) is 7.54. The van der Waals surface area contributed by atoms with E-state index in [1.54, 1.807) is 13.0 Å². The molecule has 0 N–H and O–H groups in total. The molecular formula is C15H15ClN2O5S. The van der Waals surface area contributed by atoms with E-state index in [1.807, 2.05) is 0 Å².